The van der Waals surface area contributed by atoms with Crippen molar-refractivity contribution in [1.29, 1.82) is 0 Å². The van der Waals surface area contributed by atoms with E-state index in [1.54, 1.807) is 19.4 Å². The Hall–Kier alpha value is -4.40. The summed E-state index contributed by atoms with van der Waals surface area (Å²) in [5.41, 5.74) is 1.60. The first-order valence-electron chi connectivity index (χ1n) is 10.3. The van der Waals surface area contributed by atoms with Gasteiger partial charge in [-0.25, -0.2) is 9.97 Å². The summed E-state index contributed by atoms with van der Waals surface area (Å²) in [6, 6.07) is 14.2. The predicted molar refractivity (Wildman–Crippen MR) is 122 cm³/mol. The Morgan fingerprint density at radius 3 is 2.67 bits per heavy atom. The fourth-order valence-electron chi connectivity index (χ4n) is 3.84. The number of amides is 1. The van der Waals surface area contributed by atoms with Crippen LogP contribution in [0.2, 0.25) is 0 Å². The van der Waals surface area contributed by atoms with Gasteiger partial charge in [-0.15, -0.1) is 0 Å². The molecule has 166 valence electrons. The number of nitrogens with zero attached hydrogens (tertiary/aromatic N) is 4. The molecule has 0 spiro atoms. The summed E-state index contributed by atoms with van der Waals surface area (Å²) >= 11 is 0. The number of aryl methyl sites for hydroxylation is 1. The number of fused-ring (bicyclic) bond motifs is 3. The first-order valence-corrected chi connectivity index (χ1v) is 10.3. The van der Waals surface area contributed by atoms with Gasteiger partial charge in [-0.3, -0.25) is 14.2 Å². The summed E-state index contributed by atoms with van der Waals surface area (Å²) in [5.74, 6) is 1.00. The van der Waals surface area contributed by atoms with Gasteiger partial charge in [0.25, 0.3) is 5.56 Å². The van der Waals surface area contributed by atoms with Crippen LogP contribution in [-0.4, -0.2) is 32.1 Å². The minimum atomic E-state index is -0.512. The lowest BCUT2D eigenvalue weighted by Gasteiger charge is -2.19. The van der Waals surface area contributed by atoms with Gasteiger partial charge in [0.15, 0.2) is 0 Å². The van der Waals surface area contributed by atoms with Crippen molar-refractivity contribution in [2.75, 3.05) is 7.11 Å². The van der Waals surface area contributed by atoms with Crippen LogP contribution in [0.25, 0.3) is 22.1 Å². The number of nitrogens with one attached hydrogen (secondary N) is 1. The second-order valence-electron chi connectivity index (χ2n) is 7.62. The van der Waals surface area contributed by atoms with Crippen LogP contribution in [0.1, 0.15) is 17.4 Å². The number of methoxy groups -OCH3 is 1. The highest BCUT2D eigenvalue weighted by molar-refractivity contribution is 6.01. The standard InChI is InChI=1S/C24H21N5O4/c1-28-12-11-25-23(28)20(15-7-9-16(32-2)10-8-15)27-19(30)13-29-14-26-21-17-5-3-4-6-18(17)33-22(21)24(29)31/h3-12,14,20H,13H2,1-2H3,(H,27,30)/t20-/m1/s1. The summed E-state index contributed by atoms with van der Waals surface area (Å²) in [4.78, 5) is 34.7. The van der Waals surface area contributed by atoms with Gasteiger partial charge in [-0.05, 0) is 29.8 Å². The van der Waals surface area contributed by atoms with Gasteiger partial charge in [0.05, 0.1) is 13.4 Å². The second-order valence-corrected chi connectivity index (χ2v) is 7.62. The van der Waals surface area contributed by atoms with Gasteiger partial charge >= 0.3 is 0 Å². The molecule has 1 atom stereocenters. The molecule has 0 aliphatic carbocycles. The molecule has 9 nitrogen and oxygen atoms in total. The Labute approximate surface area is 188 Å². The number of aromatic nitrogens is 4. The molecule has 0 unspecified atom stereocenters. The van der Waals surface area contributed by atoms with Gasteiger partial charge in [-0.1, -0.05) is 24.3 Å². The largest absolute Gasteiger partial charge is 0.497 e. The maximum atomic E-state index is 13.0. The van der Waals surface area contributed by atoms with Crippen molar-refractivity contribution in [3.05, 3.63) is 89.0 Å². The van der Waals surface area contributed by atoms with E-state index in [4.69, 9.17) is 9.15 Å². The average Bonchev–Trinajstić information content (AvgIpc) is 3.43. The number of para-hydroxylation sites is 1. The van der Waals surface area contributed by atoms with Gasteiger partial charge in [0.1, 0.15) is 35.3 Å². The summed E-state index contributed by atoms with van der Waals surface area (Å²) in [6.07, 6.45) is 4.85. The smallest absolute Gasteiger partial charge is 0.297 e. The Morgan fingerprint density at radius 1 is 1.15 bits per heavy atom. The number of benzene rings is 2. The molecule has 3 aromatic heterocycles. The van der Waals surface area contributed by atoms with Gasteiger partial charge < -0.3 is 19.0 Å². The Balaban J connectivity index is 1.44. The molecule has 0 saturated heterocycles. The highest BCUT2D eigenvalue weighted by Crippen LogP contribution is 2.25. The fraction of sp³-hybridized carbons (Fsp3) is 0.167. The number of carbonyl (C=O) groups excluding carboxylic acids is 1. The molecule has 0 bridgehead atoms. The molecule has 5 rings (SSSR count). The molecule has 0 fully saturated rings. The highest BCUT2D eigenvalue weighted by Gasteiger charge is 2.22. The highest BCUT2D eigenvalue weighted by atomic mass is 16.5. The van der Waals surface area contributed by atoms with E-state index in [1.165, 1.54) is 10.9 Å². The van der Waals surface area contributed by atoms with Crippen LogP contribution in [0.4, 0.5) is 0 Å². The van der Waals surface area contributed by atoms with E-state index in [-0.39, 0.29) is 18.0 Å². The molecule has 0 radical (unpaired) electrons. The van der Waals surface area contributed by atoms with Crippen LogP contribution in [-0.2, 0) is 18.4 Å². The maximum absolute atomic E-state index is 13.0. The first kappa shape index (κ1) is 20.5. The lowest BCUT2D eigenvalue weighted by molar-refractivity contribution is -0.122. The normalized spacial score (nSPS) is 12.2. The zero-order chi connectivity index (χ0) is 22.9. The Kier molecular flexibility index (Phi) is 5.14. The Morgan fingerprint density at radius 2 is 1.94 bits per heavy atom. The van der Waals surface area contributed by atoms with Crippen LogP contribution in [0.3, 0.4) is 0 Å². The summed E-state index contributed by atoms with van der Waals surface area (Å²) in [7, 11) is 3.45. The second kappa shape index (κ2) is 8.27. The molecule has 3 heterocycles. The van der Waals surface area contributed by atoms with Crippen LogP contribution in [0.5, 0.6) is 5.75 Å². The molecule has 9 heteroatoms. The van der Waals surface area contributed by atoms with Gasteiger partial charge in [-0.2, -0.15) is 0 Å². The number of hydrogen-bond acceptors (Lipinski definition) is 6. The molecule has 1 amide bonds. The third-order valence-corrected chi connectivity index (χ3v) is 5.54. The maximum Gasteiger partial charge on any atom is 0.297 e. The number of hydrogen-bond donors (Lipinski definition) is 1. The molecular weight excluding hydrogens is 422 g/mol. The van der Waals surface area contributed by atoms with Crippen molar-refractivity contribution in [3.8, 4) is 5.75 Å². The van der Waals surface area contributed by atoms with Crippen molar-refractivity contribution in [2.45, 2.75) is 12.6 Å². The topological polar surface area (TPSA) is 104 Å². The molecule has 2 aromatic carbocycles. The van der Waals surface area contributed by atoms with Crippen LogP contribution >= 0.6 is 0 Å². The van der Waals surface area contributed by atoms with Gasteiger partial charge in [0.2, 0.25) is 11.5 Å². The van der Waals surface area contributed by atoms with Crippen molar-refractivity contribution in [2.24, 2.45) is 7.05 Å². The van der Waals surface area contributed by atoms with E-state index in [2.05, 4.69) is 15.3 Å². The minimum absolute atomic E-state index is 0.127. The van der Waals surface area contributed by atoms with Crippen LogP contribution in [0.15, 0.2) is 76.5 Å². The third-order valence-electron chi connectivity index (χ3n) is 5.54. The molecule has 0 aliphatic rings. The van der Waals surface area contributed by atoms with Crippen LogP contribution < -0.4 is 15.6 Å². The van der Waals surface area contributed by atoms with Crippen molar-refractivity contribution < 1.29 is 13.9 Å². The van der Waals surface area contributed by atoms with Crippen LogP contribution in [0, 0.1) is 0 Å². The Bertz CT molecular complexity index is 1510. The number of rotatable bonds is 6. The first-order chi connectivity index (χ1) is 16.0. The molecule has 0 saturated carbocycles. The van der Waals surface area contributed by atoms with E-state index < -0.39 is 11.6 Å². The summed E-state index contributed by atoms with van der Waals surface area (Å²) in [6.45, 7) is -0.212. The third kappa shape index (κ3) is 3.73. The molecular formula is C24H21N5O4. The minimum Gasteiger partial charge on any atom is -0.497 e. The quantitative estimate of drug-likeness (QED) is 0.433. The van der Waals surface area contributed by atoms with E-state index >= 15 is 0 Å². The van der Waals surface area contributed by atoms with Crippen molar-refractivity contribution in [3.63, 3.8) is 0 Å². The van der Waals surface area contributed by atoms with Crippen molar-refractivity contribution in [1.82, 2.24) is 24.4 Å². The molecule has 0 aliphatic heterocycles. The van der Waals surface area contributed by atoms with E-state index in [0.29, 0.717) is 22.7 Å². The molecule has 5 aromatic rings. The average molecular weight is 443 g/mol. The number of ether oxygens (including phenoxy) is 1. The van der Waals surface area contributed by atoms with Gasteiger partial charge in [0, 0.05) is 24.8 Å². The number of imidazole rings is 1. The van der Waals surface area contributed by atoms with E-state index in [1.807, 2.05) is 60.3 Å². The summed E-state index contributed by atoms with van der Waals surface area (Å²) in [5, 5.41) is 3.74. The predicted octanol–water partition coefficient (Wildman–Crippen LogP) is 2.79. The monoisotopic (exact) mass is 443 g/mol. The zero-order valence-electron chi connectivity index (χ0n) is 18.1. The number of furan rings is 1. The van der Waals surface area contributed by atoms with E-state index in [0.717, 1.165) is 10.9 Å². The number of carbonyl (C=O) groups is 1. The van der Waals surface area contributed by atoms with Crippen molar-refractivity contribution >= 4 is 28.0 Å². The SMILES string of the molecule is COc1ccc([C@@H](NC(=O)Cn2cnc3c(oc4ccccc43)c2=O)c2nccn2C)cc1. The molecule has 33 heavy (non-hydrogen) atoms. The lowest BCUT2D eigenvalue weighted by Crippen LogP contribution is -2.36. The molecule has 1 N–H and O–H groups in total. The fourth-order valence-corrected chi connectivity index (χ4v) is 3.84. The van der Waals surface area contributed by atoms with E-state index in [9.17, 15) is 9.59 Å². The lowest BCUT2D eigenvalue weighted by atomic mass is 10.1. The zero-order valence-corrected chi connectivity index (χ0v) is 18.1. The summed E-state index contributed by atoms with van der Waals surface area (Å²) < 4.78 is 14.0.